The summed E-state index contributed by atoms with van der Waals surface area (Å²) in [5.74, 6) is 0.844. The van der Waals surface area contributed by atoms with Gasteiger partial charge in [-0.2, -0.15) is 0 Å². The molecule has 3 rings (SSSR count). The molecule has 94 valence electrons. The number of hydrogen-bond donors (Lipinski definition) is 0. The van der Waals surface area contributed by atoms with Crippen molar-refractivity contribution in [3.63, 3.8) is 0 Å². The molecular weight excluding hydrogens is 347 g/mol. The molecule has 1 aliphatic rings. The molecule has 0 bridgehead atoms. The number of amidine groups is 1. The Bertz CT molecular complexity index is 615. The minimum absolute atomic E-state index is 0.162. The highest BCUT2D eigenvalue weighted by molar-refractivity contribution is 14.1. The summed E-state index contributed by atoms with van der Waals surface area (Å²) in [4.78, 5) is 9.09. The van der Waals surface area contributed by atoms with Crippen molar-refractivity contribution in [2.75, 3.05) is 0 Å². The van der Waals surface area contributed by atoms with Crippen LogP contribution in [0.1, 0.15) is 11.1 Å². The zero-order valence-electron chi connectivity index (χ0n) is 10.3. The maximum atomic E-state index is 4.67. The molecule has 2 aromatic rings. The van der Waals surface area contributed by atoms with Gasteiger partial charge in [0.15, 0.2) is 5.84 Å². The van der Waals surface area contributed by atoms with E-state index in [1.165, 1.54) is 9.13 Å². The van der Waals surface area contributed by atoms with Gasteiger partial charge in [-0.1, -0.05) is 42.5 Å². The van der Waals surface area contributed by atoms with Gasteiger partial charge in [-0.05, 0) is 46.7 Å². The zero-order chi connectivity index (χ0) is 13.1. The molecule has 0 spiro atoms. The first kappa shape index (κ1) is 12.5. The van der Waals surface area contributed by atoms with E-state index in [2.05, 4.69) is 56.8 Å². The average molecular weight is 360 g/mol. The number of halogens is 1. The van der Waals surface area contributed by atoms with E-state index in [9.17, 15) is 0 Å². The van der Waals surface area contributed by atoms with E-state index in [0.717, 1.165) is 17.8 Å². The Balaban J connectivity index is 1.74. The second-order valence-corrected chi connectivity index (χ2v) is 5.74. The predicted octanol–water partition coefficient (Wildman–Crippen LogP) is 3.73. The zero-order valence-corrected chi connectivity index (χ0v) is 12.5. The van der Waals surface area contributed by atoms with E-state index in [0.29, 0.717) is 0 Å². The molecule has 2 aromatic carbocycles. The van der Waals surface area contributed by atoms with E-state index in [1.807, 2.05) is 36.5 Å². The molecule has 19 heavy (non-hydrogen) atoms. The Hall–Kier alpha value is -1.49. The monoisotopic (exact) mass is 360 g/mol. The molecule has 0 saturated heterocycles. The SMILES string of the molecule is Ic1ccc(CC2C=NC(c3ccccc3)=N2)cc1. The molecule has 0 fully saturated rings. The Kier molecular flexibility index (Phi) is 3.73. The molecule has 0 aromatic heterocycles. The molecule has 0 amide bonds. The Labute approximate surface area is 126 Å². The lowest BCUT2D eigenvalue weighted by Gasteiger charge is -2.04. The van der Waals surface area contributed by atoms with Crippen LogP contribution in [0.3, 0.4) is 0 Å². The van der Waals surface area contributed by atoms with Crippen LogP contribution in [0.2, 0.25) is 0 Å². The first-order valence-corrected chi connectivity index (χ1v) is 7.31. The summed E-state index contributed by atoms with van der Waals surface area (Å²) in [5.41, 5.74) is 2.39. The third kappa shape index (κ3) is 3.10. The summed E-state index contributed by atoms with van der Waals surface area (Å²) in [6.07, 6.45) is 2.86. The second-order valence-electron chi connectivity index (χ2n) is 4.49. The number of rotatable bonds is 3. The fourth-order valence-corrected chi connectivity index (χ4v) is 2.44. The lowest BCUT2D eigenvalue weighted by atomic mass is 10.1. The summed E-state index contributed by atoms with van der Waals surface area (Å²) >= 11 is 2.32. The van der Waals surface area contributed by atoms with Gasteiger partial charge in [0.25, 0.3) is 0 Å². The van der Waals surface area contributed by atoms with E-state index in [1.54, 1.807) is 0 Å². The van der Waals surface area contributed by atoms with Crippen molar-refractivity contribution in [2.24, 2.45) is 9.98 Å². The quantitative estimate of drug-likeness (QED) is 0.746. The summed E-state index contributed by atoms with van der Waals surface area (Å²) < 4.78 is 1.26. The molecule has 0 saturated carbocycles. The largest absolute Gasteiger partial charge is 0.257 e. The van der Waals surface area contributed by atoms with Crippen LogP contribution in [0, 0.1) is 3.57 Å². The summed E-state index contributed by atoms with van der Waals surface area (Å²) in [7, 11) is 0. The fraction of sp³-hybridized carbons (Fsp3) is 0.125. The highest BCUT2D eigenvalue weighted by Crippen LogP contribution is 2.14. The van der Waals surface area contributed by atoms with Crippen LogP contribution < -0.4 is 0 Å². The van der Waals surface area contributed by atoms with Gasteiger partial charge in [-0.3, -0.25) is 4.99 Å². The van der Waals surface area contributed by atoms with Gasteiger partial charge in [0.2, 0.25) is 0 Å². The van der Waals surface area contributed by atoms with Crippen LogP contribution in [0.15, 0.2) is 64.6 Å². The third-order valence-electron chi connectivity index (χ3n) is 3.05. The smallest absolute Gasteiger partial charge is 0.154 e. The van der Waals surface area contributed by atoms with Gasteiger partial charge >= 0.3 is 0 Å². The van der Waals surface area contributed by atoms with Crippen molar-refractivity contribution in [1.82, 2.24) is 0 Å². The van der Waals surface area contributed by atoms with Crippen LogP contribution in [-0.4, -0.2) is 18.1 Å². The van der Waals surface area contributed by atoms with Gasteiger partial charge < -0.3 is 0 Å². The third-order valence-corrected chi connectivity index (χ3v) is 3.77. The molecule has 1 unspecified atom stereocenters. The average Bonchev–Trinajstić information content (AvgIpc) is 2.91. The van der Waals surface area contributed by atoms with E-state index >= 15 is 0 Å². The van der Waals surface area contributed by atoms with Gasteiger partial charge in [-0.15, -0.1) is 0 Å². The van der Waals surface area contributed by atoms with Crippen molar-refractivity contribution in [1.29, 1.82) is 0 Å². The lowest BCUT2D eigenvalue weighted by Crippen LogP contribution is -2.07. The molecule has 3 heteroatoms. The predicted molar refractivity (Wildman–Crippen MR) is 88.1 cm³/mol. The summed E-state index contributed by atoms with van der Waals surface area (Å²) in [5, 5.41) is 0. The standard InChI is InChI=1S/C16H13IN2/c17-14-8-6-12(7-9-14)10-15-11-18-16(19-15)13-4-2-1-3-5-13/h1-9,11,15H,10H2. The summed E-state index contributed by atoms with van der Waals surface area (Å²) in [6, 6.07) is 18.9. The normalized spacial score (nSPS) is 17.5. The first-order valence-electron chi connectivity index (χ1n) is 6.23. The number of aliphatic imine (C=N–C) groups is 2. The minimum Gasteiger partial charge on any atom is -0.257 e. The van der Waals surface area contributed by atoms with Crippen molar-refractivity contribution in [3.8, 4) is 0 Å². The van der Waals surface area contributed by atoms with Crippen LogP contribution in [0.25, 0.3) is 0 Å². The molecule has 2 nitrogen and oxygen atoms in total. The fourth-order valence-electron chi connectivity index (χ4n) is 2.08. The highest BCUT2D eigenvalue weighted by Gasteiger charge is 2.14. The maximum Gasteiger partial charge on any atom is 0.154 e. The Morgan fingerprint density at radius 3 is 2.42 bits per heavy atom. The first-order chi connectivity index (χ1) is 9.31. The lowest BCUT2D eigenvalue weighted by molar-refractivity contribution is 0.879. The number of hydrogen-bond acceptors (Lipinski definition) is 2. The van der Waals surface area contributed by atoms with E-state index in [4.69, 9.17) is 0 Å². The van der Waals surface area contributed by atoms with Gasteiger partial charge in [0.1, 0.15) is 0 Å². The molecule has 1 aliphatic heterocycles. The van der Waals surface area contributed by atoms with Crippen molar-refractivity contribution >= 4 is 34.6 Å². The molecule has 0 radical (unpaired) electrons. The number of nitrogens with zero attached hydrogens (tertiary/aromatic N) is 2. The van der Waals surface area contributed by atoms with Crippen molar-refractivity contribution < 1.29 is 0 Å². The maximum absolute atomic E-state index is 4.67. The summed E-state index contributed by atoms with van der Waals surface area (Å²) in [6.45, 7) is 0. The molecule has 1 atom stereocenters. The van der Waals surface area contributed by atoms with Crippen LogP contribution in [0.4, 0.5) is 0 Å². The van der Waals surface area contributed by atoms with Crippen molar-refractivity contribution in [2.45, 2.75) is 12.5 Å². The number of benzene rings is 2. The Morgan fingerprint density at radius 1 is 0.947 bits per heavy atom. The van der Waals surface area contributed by atoms with Crippen molar-refractivity contribution in [3.05, 3.63) is 69.3 Å². The Morgan fingerprint density at radius 2 is 1.68 bits per heavy atom. The van der Waals surface area contributed by atoms with Crippen LogP contribution in [-0.2, 0) is 6.42 Å². The second kappa shape index (κ2) is 5.65. The van der Waals surface area contributed by atoms with Gasteiger partial charge in [0, 0.05) is 15.3 Å². The van der Waals surface area contributed by atoms with Crippen LogP contribution >= 0.6 is 22.6 Å². The van der Waals surface area contributed by atoms with Crippen LogP contribution in [0.5, 0.6) is 0 Å². The molecule has 0 N–H and O–H groups in total. The topological polar surface area (TPSA) is 24.7 Å². The van der Waals surface area contributed by atoms with E-state index < -0.39 is 0 Å². The molecular formula is C16H13IN2. The van der Waals surface area contributed by atoms with Gasteiger partial charge in [0.05, 0.1) is 6.04 Å². The highest BCUT2D eigenvalue weighted by atomic mass is 127. The van der Waals surface area contributed by atoms with Gasteiger partial charge in [-0.25, -0.2) is 4.99 Å². The minimum atomic E-state index is 0.162. The molecule has 0 aliphatic carbocycles. The van der Waals surface area contributed by atoms with E-state index in [-0.39, 0.29) is 6.04 Å². The molecule has 1 heterocycles.